The maximum atomic E-state index is 13.1. The molecule has 0 saturated heterocycles. The zero-order chi connectivity index (χ0) is 31.3. The summed E-state index contributed by atoms with van der Waals surface area (Å²) in [5.41, 5.74) is 21.8. The number of ketones is 1. The average molecular weight is 587 g/mol. The van der Waals surface area contributed by atoms with E-state index in [9.17, 15) is 19.2 Å². The Morgan fingerprint density at radius 2 is 1.69 bits per heavy atom. The number of ether oxygens (including phenoxy) is 1. The molecule has 16 nitrogen and oxygen atoms in total. The van der Waals surface area contributed by atoms with Gasteiger partial charge in [0.2, 0.25) is 17.6 Å². The standard InChI is InChI=1S/C26H38N10O6/c1-26(2,3)42-25(40)36-18(13-15-6-8-16(9-7-15)34-24(29)30)21(39)33-14-19(37)35-17(5-4-10-32-23(27)28)20(38)22-31-11-12-41-22/h6-9,11-12,17-18H,4-5,10,13-14H2,1-3H3,(H,33,39)(H,35,37)(H,36,40)(H4,27,28,32)(H4,29,30,34)/t17-,18+/m0/s1. The molecule has 0 radical (unpaired) electrons. The van der Waals surface area contributed by atoms with Crippen LogP contribution in [0.15, 0.2) is 51.1 Å². The Balaban J connectivity index is 2.09. The SMILES string of the molecule is CC(C)(C)OC(=O)N[C@H](Cc1ccc(N=C(N)N)cc1)C(=O)NCC(=O)N[C@@H](CCCN=C(N)N)C(=O)c1ncco1. The van der Waals surface area contributed by atoms with Crippen LogP contribution >= 0.6 is 0 Å². The van der Waals surface area contributed by atoms with Gasteiger partial charge in [0.25, 0.3) is 5.89 Å². The molecule has 0 spiro atoms. The van der Waals surface area contributed by atoms with Crippen molar-refractivity contribution in [3.05, 3.63) is 48.2 Å². The van der Waals surface area contributed by atoms with Crippen LogP contribution < -0.4 is 38.9 Å². The van der Waals surface area contributed by atoms with Crippen molar-refractivity contribution in [3.63, 3.8) is 0 Å². The van der Waals surface area contributed by atoms with E-state index < -0.39 is 47.9 Å². The fourth-order valence-electron chi connectivity index (χ4n) is 3.55. The van der Waals surface area contributed by atoms with E-state index in [1.807, 2.05) is 0 Å². The first kappa shape index (κ1) is 33.1. The molecule has 1 aromatic heterocycles. The second-order valence-electron chi connectivity index (χ2n) is 10.1. The van der Waals surface area contributed by atoms with E-state index in [2.05, 4.69) is 30.9 Å². The van der Waals surface area contributed by atoms with E-state index in [-0.39, 0.29) is 37.2 Å². The molecule has 0 saturated carbocycles. The fraction of sp³-hybridized carbons (Fsp3) is 0.423. The first-order chi connectivity index (χ1) is 19.7. The van der Waals surface area contributed by atoms with Gasteiger partial charge < -0.3 is 48.0 Å². The number of nitrogens with two attached hydrogens (primary N) is 4. The van der Waals surface area contributed by atoms with Gasteiger partial charge in [-0.05, 0) is 51.3 Å². The molecule has 42 heavy (non-hydrogen) atoms. The van der Waals surface area contributed by atoms with Gasteiger partial charge in [-0.15, -0.1) is 0 Å². The highest BCUT2D eigenvalue weighted by atomic mass is 16.6. The molecule has 3 amide bonds. The summed E-state index contributed by atoms with van der Waals surface area (Å²) in [6, 6.07) is 4.54. The largest absolute Gasteiger partial charge is 0.444 e. The minimum absolute atomic E-state index is 0.0604. The summed E-state index contributed by atoms with van der Waals surface area (Å²) < 4.78 is 10.4. The molecule has 228 valence electrons. The van der Waals surface area contributed by atoms with E-state index in [0.29, 0.717) is 17.7 Å². The second kappa shape index (κ2) is 15.6. The van der Waals surface area contributed by atoms with E-state index in [1.54, 1.807) is 45.0 Å². The van der Waals surface area contributed by atoms with Gasteiger partial charge in [0.1, 0.15) is 17.9 Å². The maximum absolute atomic E-state index is 13.1. The number of nitrogens with one attached hydrogen (secondary N) is 3. The summed E-state index contributed by atoms with van der Waals surface area (Å²) in [5.74, 6) is -2.27. The van der Waals surface area contributed by atoms with Gasteiger partial charge in [-0.25, -0.2) is 14.8 Å². The van der Waals surface area contributed by atoms with Gasteiger partial charge in [0, 0.05) is 13.0 Å². The molecule has 16 heteroatoms. The Labute approximate surface area is 242 Å². The highest BCUT2D eigenvalue weighted by molar-refractivity contribution is 5.99. The lowest BCUT2D eigenvalue weighted by Crippen LogP contribution is -2.52. The minimum atomic E-state index is -1.11. The lowest BCUT2D eigenvalue weighted by molar-refractivity contribution is -0.127. The maximum Gasteiger partial charge on any atom is 0.408 e. The third-order valence-electron chi connectivity index (χ3n) is 5.31. The van der Waals surface area contributed by atoms with Gasteiger partial charge in [-0.1, -0.05) is 12.1 Å². The average Bonchev–Trinajstić information content (AvgIpc) is 3.43. The number of oxazole rings is 1. The van der Waals surface area contributed by atoms with Crippen LogP contribution in [0.2, 0.25) is 0 Å². The van der Waals surface area contributed by atoms with Crippen molar-refractivity contribution < 1.29 is 28.3 Å². The molecule has 0 fully saturated rings. The van der Waals surface area contributed by atoms with E-state index in [1.165, 1.54) is 12.5 Å². The van der Waals surface area contributed by atoms with Crippen LogP contribution in [0.5, 0.6) is 0 Å². The van der Waals surface area contributed by atoms with Crippen molar-refractivity contribution >= 4 is 41.3 Å². The Morgan fingerprint density at radius 3 is 2.26 bits per heavy atom. The number of amides is 3. The quantitative estimate of drug-likeness (QED) is 0.0644. The van der Waals surface area contributed by atoms with Gasteiger partial charge in [-0.3, -0.25) is 19.4 Å². The molecular formula is C26H38N10O6. The van der Waals surface area contributed by atoms with Crippen LogP contribution in [0.3, 0.4) is 0 Å². The highest BCUT2D eigenvalue weighted by Crippen LogP contribution is 2.15. The Bertz CT molecular complexity index is 1260. The number of alkyl carbamates (subject to hydrolysis) is 1. The van der Waals surface area contributed by atoms with Crippen molar-refractivity contribution in [1.82, 2.24) is 20.9 Å². The number of rotatable bonds is 14. The van der Waals surface area contributed by atoms with Crippen molar-refractivity contribution in [2.75, 3.05) is 13.1 Å². The normalized spacial score (nSPS) is 12.3. The Hall–Kier alpha value is -5.15. The number of carbonyl (C=O) groups is 4. The number of hydrogen-bond donors (Lipinski definition) is 7. The van der Waals surface area contributed by atoms with E-state index in [0.717, 1.165) is 0 Å². The van der Waals surface area contributed by atoms with Crippen LogP contribution in [0.25, 0.3) is 0 Å². The number of aliphatic imine (C=N–C) groups is 2. The molecule has 0 aliphatic rings. The lowest BCUT2D eigenvalue weighted by atomic mass is 10.0. The number of carbonyl (C=O) groups excluding carboxylic acids is 4. The predicted octanol–water partition coefficient (Wildman–Crippen LogP) is -0.447. The molecule has 0 bridgehead atoms. The lowest BCUT2D eigenvalue weighted by Gasteiger charge is -2.23. The van der Waals surface area contributed by atoms with Crippen molar-refractivity contribution in [3.8, 4) is 0 Å². The second-order valence-corrected chi connectivity index (χ2v) is 10.1. The Morgan fingerprint density at radius 1 is 1.00 bits per heavy atom. The van der Waals surface area contributed by atoms with Crippen LogP contribution in [0, 0.1) is 0 Å². The fourth-order valence-corrected chi connectivity index (χ4v) is 3.55. The summed E-state index contributed by atoms with van der Waals surface area (Å²) in [6.07, 6.45) is 2.32. The van der Waals surface area contributed by atoms with Gasteiger partial charge in [0.05, 0.1) is 24.5 Å². The molecule has 2 aromatic rings. The molecule has 0 unspecified atom stereocenters. The van der Waals surface area contributed by atoms with Crippen LogP contribution in [0.4, 0.5) is 10.5 Å². The molecule has 11 N–H and O–H groups in total. The molecular weight excluding hydrogens is 548 g/mol. The number of hydrogen-bond acceptors (Lipinski definition) is 9. The first-order valence-corrected chi connectivity index (χ1v) is 13.0. The number of aromatic nitrogens is 1. The third-order valence-corrected chi connectivity index (χ3v) is 5.31. The van der Waals surface area contributed by atoms with E-state index in [4.69, 9.17) is 32.1 Å². The molecule has 2 rings (SSSR count). The molecule has 0 aliphatic heterocycles. The highest BCUT2D eigenvalue weighted by Gasteiger charge is 2.27. The zero-order valence-electron chi connectivity index (χ0n) is 23.8. The van der Waals surface area contributed by atoms with Crippen LogP contribution in [-0.4, -0.2) is 71.4 Å². The number of guanidine groups is 2. The van der Waals surface area contributed by atoms with Crippen LogP contribution in [0.1, 0.15) is 49.9 Å². The summed E-state index contributed by atoms with van der Waals surface area (Å²) in [5, 5.41) is 7.59. The molecule has 1 aromatic carbocycles. The molecule has 0 aliphatic carbocycles. The predicted molar refractivity (Wildman–Crippen MR) is 154 cm³/mol. The van der Waals surface area contributed by atoms with Crippen LogP contribution in [-0.2, 0) is 20.7 Å². The summed E-state index contributed by atoms with van der Waals surface area (Å²) in [7, 11) is 0. The summed E-state index contributed by atoms with van der Waals surface area (Å²) in [6.45, 7) is 4.79. The summed E-state index contributed by atoms with van der Waals surface area (Å²) >= 11 is 0. The van der Waals surface area contributed by atoms with Gasteiger partial charge in [-0.2, -0.15) is 0 Å². The summed E-state index contributed by atoms with van der Waals surface area (Å²) in [4.78, 5) is 62.8. The van der Waals surface area contributed by atoms with Gasteiger partial charge >= 0.3 is 6.09 Å². The zero-order valence-corrected chi connectivity index (χ0v) is 23.8. The molecule has 2 atom stereocenters. The topological polar surface area (TPSA) is 268 Å². The van der Waals surface area contributed by atoms with Crippen molar-refractivity contribution in [2.45, 2.75) is 57.7 Å². The molecule has 1 heterocycles. The smallest absolute Gasteiger partial charge is 0.408 e. The monoisotopic (exact) mass is 586 g/mol. The van der Waals surface area contributed by atoms with E-state index >= 15 is 0 Å². The first-order valence-electron chi connectivity index (χ1n) is 13.0. The number of Topliss-reactive ketones (excluding diaryl/α,β-unsaturated/α-hetero) is 1. The third kappa shape index (κ3) is 12.4. The van der Waals surface area contributed by atoms with Crippen molar-refractivity contribution in [2.24, 2.45) is 32.9 Å². The minimum Gasteiger partial charge on any atom is -0.444 e. The Kier molecular flexibility index (Phi) is 12.3. The van der Waals surface area contributed by atoms with Crippen molar-refractivity contribution in [1.29, 1.82) is 0 Å². The number of benzene rings is 1. The van der Waals surface area contributed by atoms with Gasteiger partial charge in [0.15, 0.2) is 11.9 Å². The number of nitrogens with zero attached hydrogens (tertiary/aromatic N) is 3.